The van der Waals surface area contributed by atoms with Gasteiger partial charge in [-0.25, -0.2) is 0 Å². The molecule has 0 amide bonds. The molecule has 0 aliphatic heterocycles. The second kappa shape index (κ2) is 3.28. The molecule has 0 heterocycles. The Kier molecular flexibility index (Phi) is 4.76. The summed E-state index contributed by atoms with van der Waals surface area (Å²) in [5, 5.41) is 0. The fourth-order valence-electron chi connectivity index (χ4n) is 0. The van der Waals surface area contributed by atoms with Crippen molar-refractivity contribution in [3.63, 3.8) is 0 Å². The van der Waals surface area contributed by atoms with Gasteiger partial charge >= 0.3 is 77.5 Å². The molecule has 0 saturated carbocycles. The van der Waals surface area contributed by atoms with Gasteiger partial charge in [-0.1, -0.05) is 0 Å². The van der Waals surface area contributed by atoms with E-state index < -0.39 is 36.3 Å². The van der Waals surface area contributed by atoms with Gasteiger partial charge in [0.05, 0.1) is 0 Å². The van der Waals surface area contributed by atoms with Crippen molar-refractivity contribution in [3.05, 3.63) is 0 Å². The first-order valence-electron chi connectivity index (χ1n) is 1.93. The van der Waals surface area contributed by atoms with Crippen molar-refractivity contribution in [2.75, 3.05) is 0 Å². The fraction of sp³-hybridized carbons (Fsp3) is 0. The van der Waals surface area contributed by atoms with E-state index in [0.717, 1.165) is 0 Å². The van der Waals surface area contributed by atoms with Crippen LogP contribution in [0.2, 0.25) is 0 Å². The van der Waals surface area contributed by atoms with Crippen LogP contribution >= 0.6 is 0 Å². The molecule has 0 fully saturated rings. The molecule has 0 unspecified atom stereocenters. The van der Waals surface area contributed by atoms with Gasteiger partial charge in [-0.2, -0.15) is 0 Å². The third kappa shape index (κ3) is 1260. The zero-order valence-corrected chi connectivity index (χ0v) is 11.4. The number of halogens is 2. The van der Waals surface area contributed by atoms with E-state index in [4.69, 9.17) is 41.2 Å². The minimum atomic E-state index is -9.12. The second-order valence-electron chi connectivity index (χ2n) is 2.04. The van der Waals surface area contributed by atoms with Gasteiger partial charge in [0.25, 0.3) is 0 Å². The molecule has 0 bridgehead atoms. The van der Waals surface area contributed by atoms with E-state index in [9.17, 15) is 0 Å². The van der Waals surface area contributed by atoms with Gasteiger partial charge in [0, 0.05) is 17.1 Å². The Morgan fingerprint density at radius 3 is 0.533 bits per heavy atom. The van der Waals surface area contributed by atoms with Gasteiger partial charge in [0.1, 0.15) is 0 Å². The van der Waals surface area contributed by atoms with Crippen LogP contribution in [0.15, 0.2) is 0 Å². The molecule has 0 aliphatic rings. The molecule has 0 saturated heterocycles. The summed E-state index contributed by atoms with van der Waals surface area (Å²) in [5.74, 6) is 0. The third-order valence-electron chi connectivity index (χ3n) is 0. The van der Waals surface area contributed by atoms with Crippen molar-refractivity contribution in [2.45, 2.75) is 0 Å². The molecule has 107 valence electrons. The first-order chi connectivity index (χ1) is 4.90. The third-order valence-corrected chi connectivity index (χ3v) is 0. The van der Waals surface area contributed by atoms with Gasteiger partial charge in [0.15, 0.2) is 0 Å². The van der Waals surface area contributed by atoms with Crippen molar-refractivity contribution in [3.8, 4) is 0 Å². The molecular weight excluding hydrogens is 509 g/mol. The average Bonchev–Trinajstić information content (AvgIpc) is 0.938. The Hall–Kier alpha value is 1.50. The first-order valence-corrected chi connectivity index (χ1v) is 12.9. The van der Waals surface area contributed by atoms with Gasteiger partial charge in [-0.3, -0.25) is 0 Å². The quantitative estimate of drug-likeness (QED) is 0.149. The Labute approximate surface area is 93.9 Å². The van der Waals surface area contributed by atoms with Crippen molar-refractivity contribution < 1.29 is 94.6 Å². The van der Waals surface area contributed by atoms with Crippen LogP contribution < -0.4 is 60.4 Å². The predicted molar refractivity (Wildman–Crippen MR) is 11.1 cm³/mol. The summed E-state index contributed by atoms with van der Waals surface area (Å²) in [5.41, 5.74) is 0. The van der Waals surface area contributed by atoms with Crippen LogP contribution in [0, 0.1) is 0 Å². The van der Waals surface area contributed by atoms with Crippen molar-refractivity contribution in [1.29, 1.82) is 0 Å². The SMILES string of the molecule is [Cu].[O-][I+]([O-])([O-])(O)(O)O.[O-][I+]([O-])([O-])([O-])(O)O. The van der Waals surface area contributed by atoms with Crippen molar-refractivity contribution >= 4 is 0 Å². The Balaban J connectivity index is -0.000000180. The Morgan fingerprint density at radius 1 is 0.533 bits per heavy atom. The van der Waals surface area contributed by atoms with E-state index in [0.29, 0.717) is 0 Å². The van der Waals surface area contributed by atoms with Crippen molar-refractivity contribution in [2.24, 2.45) is 0 Å². The molecule has 0 atom stereocenters. The van der Waals surface area contributed by atoms with Crippen molar-refractivity contribution in [1.82, 2.24) is 0 Å². The molecule has 0 aromatic rings. The normalized spacial score (nSPS) is 21.6. The van der Waals surface area contributed by atoms with Gasteiger partial charge in [0.2, 0.25) is 0 Å². The summed E-state index contributed by atoms with van der Waals surface area (Å²) in [6.45, 7) is 0. The summed E-state index contributed by atoms with van der Waals surface area (Å²) >= 11 is -18.0. The molecule has 15 heteroatoms. The van der Waals surface area contributed by atoms with E-state index in [2.05, 4.69) is 0 Å². The summed E-state index contributed by atoms with van der Waals surface area (Å²) in [6.07, 6.45) is 0. The standard InChI is InChI=1S/Cu.H3IO6.H2IO6/c;2*2-1(3,4,5,6)7/h;2-4H;2-3H/q;-2;-3. The molecule has 0 aliphatic carbocycles. The number of rotatable bonds is 0. The van der Waals surface area contributed by atoms with E-state index in [-0.39, 0.29) is 17.1 Å². The Morgan fingerprint density at radius 2 is 0.533 bits per heavy atom. The summed E-state index contributed by atoms with van der Waals surface area (Å²) in [4.78, 5) is 0. The molecule has 5 N–H and O–H groups in total. The van der Waals surface area contributed by atoms with E-state index in [1.54, 1.807) is 0 Å². The fourth-order valence-corrected chi connectivity index (χ4v) is 0. The van der Waals surface area contributed by atoms with Crippen LogP contribution in [0.4, 0.5) is 0 Å². The number of hydrogen-bond donors (Lipinski definition) is 5. The average molecular weight is 514 g/mol. The molecule has 1 radical (unpaired) electrons. The Bertz CT molecular complexity index is 161. The molecule has 15 heavy (non-hydrogen) atoms. The van der Waals surface area contributed by atoms with E-state index in [1.165, 1.54) is 0 Å². The van der Waals surface area contributed by atoms with Crippen LogP contribution in [0.3, 0.4) is 0 Å². The zero-order valence-electron chi connectivity index (χ0n) is 6.15. The van der Waals surface area contributed by atoms with Crippen LogP contribution in [0.5, 0.6) is 0 Å². The maximum atomic E-state index is 9.00. The van der Waals surface area contributed by atoms with Crippen LogP contribution in [-0.2, 0) is 17.1 Å². The summed E-state index contributed by atoms with van der Waals surface area (Å²) in [6, 6.07) is 0. The number of hydrogen-bond acceptors (Lipinski definition) is 12. The van der Waals surface area contributed by atoms with Crippen LogP contribution in [0.25, 0.3) is 0 Å². The molecule has 0 aromatic heterocycles. The maximum absolute atomic E-state index is 9.12. The monoisotopic (exact) mass is 514 g/mol. The van der Waals surface area contributed by atoms with Gasteiger partial charge in [-0.05, 0) is 0 Å². The topological polar surface area (TPSA) is 263 Å². The summed E-state index contributed by atoms with van der Waals surface area (Å²) in [7, 11) is 0. The molecule has 12 nitrogen and oxygen atoms in total. The van der Waals surface area contributed by atoms with Crippen LogP contribution in [-0.4, -0.2) is 17.2 Å². The molecule has 0 rings (SSSR count). The molecule has 0 spiro atoms. The van der Waals surface area contributed by atoms with E-state index >= 15 is 0 Å². The van der Waals surface area contributed by atoms with Gasteiger partial charge < -0.3 is 0 Å². The summed E-state index contributed by atoms with van der Waals surface area (Å²) < 4.78 is 97.7. The molecule has 0 aromatic carbocycles. The van der Waals surface area contributed by atoms with E-state index in [1.807, 2.05) is 0 Å². The minimum absolute atomic E-state index is 0. The first kappa shape index (κ1) is 21.8. The zero-order chi connectivity index (χ0) is 12.8. The van der Waals surface area contributed by atoms with Crippen LogP contribution in [0.1, 0.15) is 0 Å². The predicted octanol–water partition coefficient (Wildman–Crippen LogP) is -17.1. The molecular formula is H5CuI2O12-5. The second-order valence-corrected chi connectivity index (χ2v) is 13.7. The van der Waals surface area contributed by atoms with Gasteiger partial charge in [-0.15, -0.1) is 0 Å².